The summed E-state index contributed by atoms with van der Waals surface area (Å²) in [4.78, 5) is 17.1. The van der Waals surface area contributed by atoms with Crippen molar-refractivity contribution < 1.29 is 4.79 Å². The van der Waals surface area contributed by atoms with Crippen molar-refractivity contribution in [2.75, 3.05) is 5.32 Å². The van der Waals surface area contributed by atoms with Gasteiger partial charge in [-0.15, -0.1) is 23.7 Å². The number of carbonyl (C=O) groups excluding carboxylic acids is 1. The van der Waals surface area contributed by atoms with Crippen LogP contribution >= 0.6 is 23.7 Å². The smallest absolute Gasteiger partial charge is 0.242 e. The van der Waals surface area contributed by atoms with Gasteiger partial charge in [0.1, 0.15) is 0 Å². The molecule has 1 aromatic heterocycles. The summed E-state index contributed by atoms with van der Waals surface area (Å²) in [7, 11) is 0. The van der Waals surface area contributed by atoms with E-state index in [1.54, 1.807) is 18.3 Å². The molecule has 0 spiro atoms. The van der Waals surface area contributed by atoms with E-state index in [4.69, 9.17) is 5.73 Å². The third-order valence-corrected chi connectivity index (χ3v) is 3.56. The molecule has 0 aromatic carbocycles. The van der Waals surface area contributed by atoms with Crippen LogP contribution in [0.25, 0.3) is 0 Å². The van der Waals surface area contributed by atoms with Crippen molar-refractivity contribution in [2.24, 2.45) is 5.73 Å². The van der Waals surface area contributed by atoms with Crippen LogP contribution in [-0.4, -0.2) is 16.9 Å². The SMILES string of the molecule is C[C@H](N)C(=O)Nc1nc2c(s1)CCCC2.Cl. The highest BCUT2D eigenvalue weighted by atomic mass is 35.5. The van der Waals surface area contributed by atoms with E-state index in [1.807, 2.05) is 0 Å². The Labute approximate surface area is 105 Å². The Hall–Kier alpha value is -0.650. The lowest BCUT2D eigenvalue weighted by atomic mass is 10.0. The van der Waals surface area contributed by atoms with Gasteiger partial charge in [0, 0.05) is 4.88 Å². The molecule has 1 amide bonds. The molecule has 4 nitrogen and oxygen atoms in total. The lowest BCUT2D eigenvalue weighted by molar-refractivity contribution is -0.117. The molecule has 6 heteroatoms. The highest BCUT2D eigenvalue weighted by molar-refractivity contribution is 7.15. The van der Waals surface area contributed by atoms with Crippen LogP contribution < -0.4 is 11.1 Å². The summed E-state index contributed by atoms with van der Waals surface area (Å²) in [5.74, 6) is -0.166. The van der Waals surface area contributed by atoms with E-state index in [0.717, 1.165) is 18.5 Å². The predicted octanol–water partition coefficient (Wildman–Crippen LogP) is 1.73. The van der Waals surface area contributed by atoms with Crippen LogP contribution in [0.1, 0.15) is 30.3 Å². The van der Waals surface area contributed by atoms with Gasteiger partial charge in [-0.3, -0.25) is 4.79 Å². The van der Waals surface area contributed by atoms with Crippen molar-refractivity contribution >= 4 is 34.8 Å². The summed E-state index contributed by atoms with van der Waals surface area (Å²) in [5.41, 5.74) is 6.63. The number of nitrogens with two attached hydrogens (primary N) is 1. The number of amides is 1. The van der Waals surface area contributed by atoms with Crippen LogP contribution in [-0.2, 0) is 17.6 Å². The van der Waals surface area contributed by atoms with E-state index in [0.29, 0.717) is 5.13 Å². The van der Waals surface area contributed by atoms with Crippen molar-refractivity contribution in [1.82, 2.24) is 4.98 Å². The van der Waals surface area contributed by atoms with Gasteiger partial charge < -0.3 is 11.1 Å². The molecular formula is C10H16ClN3OS. The van der Waals surface area contributed by atoms with E-state index in [1.165, 1.54) is 17.7 Å². The molecule has 1 aliphatic carbocycles. The first kappa shape index (κ1) is 13.4. The monoisotopic (exact) mass is 261 g/mol. The molecule has 1 aliphatic rings. The molecule has 1 heterocycles. The van der Waals surface area contributed by atoms with Crippen LogP contribution in [0.3, 0.4) is 0 Å². The fourth-order valence-corrected chi connectivity index (χ4v) is 2.68. The second kappa shape index (κ2) is 5.61. The summed E-state index contributed by atoms with van der Waals surface area (Å²) < 4.78 is 0. The van der Waals surface area contributed by atoms with Crippen molar-refractivity contribution in [2.45, 2.75) is 38.6 Å². The maximum atomic E-state index is 11.4. The Morgan fingerprint density at radius 2 is 2.19 bits per heavy atom. The Morgan fingerprint density at radius 3 is 2.81 bits per heavy atom. The van der Waals surface area contributed by atoms with Gasteiger partial charge in [-0.1, -0.05) is 0 Å². The Morgan fingerprint density at radius 1 is 1.50 bits per heavy atom. The Balaban J connectivity index is 0.00000128. The van der Waals surface area contributed by atoms with Gasteiger partial charge in [0.15, 0.2) is 5.13 Å². The molecule has 0 saturated carbocycles. The minimum atomic E-state index is -0.481. The fourth-order valence-electron chi connectivity index (χ4n) is 1.62. The molecule has 0 saturated heterocycles. The quantitative estimate of drug-likeness (QED) is 0.852. The van der Waals surface area contributed by atoms with Gasteiger partial charge in [-0.25, -0.2) is 4.98 Å². The van der Waals surface area contributed by atoms with Crippen molar-refractivity contribution in [3.8, 4) is 0 Å². The second-order valence-corrected chi connectivity index (χ2v) is 4.96. The van der Waals surface area contributed by atoms with E-state index in [9.17, 15) is 4.79 Å². The molecule has 0 fully saturated rings. The Bertz CT molecular complexity index is 355. The molecule has 0 bridgehead atoms. The molecule has 0 aliphatic heterocycles. The fraction of sp³-hybridized carbons (Fsp3) is 0.600. The molecule has 90 valence electrons. The van der Waals surface area contributed by atoms with Gasteiger partial charge in [0.25, 0.3) is 0 Å². The number of thiazole rings is 1. The second-order valence-electron chi connectivity index (χ2n) is 3.87. The van der Waals surface area contributed by atoms with Crippen molar-refractivity contribution in [1.29, 1.82) is 0 Å². The number of aromatic nitrogens is 1. The van der Waals surface area contributed by atoms with Crippen molar-refractivity contribution in [3.05, 3.63) is 10.6 Å². The molecule has 0 unspecified atom stereocenters. The number of nitrogens with one attached hydrogen (secondary N) is 1. The van der Waals surface area contributed by atoms with E-state index < -0.39 is 6.04 Å². The molecule has 3 N–H and O–H groups in total. The Kier molecular flexibility index (Phi) is 4.70. The van der Waals surface area contributed by atoms with Crippen LogP contribution in [0.2, 0.25) is 0 Å². The summed E-state index contributed by atoms with van der Waals surface area (Å²) in [6.07, 6.45) is 4.58. The van der Waals surface area contributed by atoms with Crippen LogP contribution in [0, 0.1) is 0 Å². The largest absolute Gasteiger partial charge is 0.320 e. The summed E-state index contributed by atoms with van der Waals surface area (Å²) in [6, 6.07) is -0.481. The van der Waals surface area contributed by atoms with Gasteiger partial charge in [0.05, 0.1) is 11.7 Å². The van der Waals surface area contributed by atoms with Gasteiger partial charge >= 0.3 is 0 Å². The lowest BCUT2D eigenvalue weighted by Gasteiger charge is -2.06. The molecule has 1 aromatic rings. The van der Waals surface area contributed by atoms with Gasteiger partial charge in [-0.2, -0.15) is 0 Å². The summed E-state index contributed by atoms with van der Waals surface area (Å²) >= 11 is 1.58. The average molecular weight is 262 g/mol. The molecule has 16 heavy (non-hydrogen) atoms. The number of hydrogen-bond acceptors (Lipinski definition) is 4. The van der Waals surface area contributed by atoms with Crippen LogP contribution in [0.15, 0.2) is 0 Å². The third kappa shape index (κ3) is 2.93. The molecule has 0 radical (unpaired) electrons. The highest BCUT2D eigenvalue weighted by Crippen LogP contribution is 2.29. The number of rotatable bonds is 2. The van der Waals surface area contributed by atoms with Gasteiger partial charge in [0.2, 0.25) is 5.91 Å². The number of nitrogens with zero attached hydrogens (tertiary/aromatic N) is 1. The number of anilines is 1. The highest BCUT2D eigenvalue weighted by Gasteiger charge is 2.17. The summed E-state index contributed by atoms with van der Waals surface area (Å²) in [5, 5.41) is 3.44. The van der Waals surface area contributed by atoms with E-state index in [-0.39, 0.29) is 18.3 Å². The van der Waals surface area contributed by atoms with E-state index >= 15 is 0 Å². The minimum Gasteiger partial charge on any atom is -0.320 e. The molecular weight excluding hydrogens is 246 g/mol. The number of carbonyl (C=O) groups is 1. The average Bonchev–Trinajstić information content (AvgIpc) is 2.59. The maximum absolute atomic E-state index is 11.4. The predicted molar refractivity (Wildman–Crippen MR) is 68.3 cm³/mol. The topological polar surface area (TPSA) is 68.0 Å². The zero-order valence-corrected chi connectivity index (χ0v) is 10.8. The van der Waals surface area contributed by atoms with Crippen molar-refractivity contribution in [3.63, 3.8) is 0 Å². The third-order valence-electron chi connectivity index (χ3n) is 2.49. The summed E-state index contributed by atoms with van der Waals surface area (Å²) in [6.45, 7) is 1.67. The van der Waals surface area contributed by atoms with Crippen LogP contribution in [0.4, 0.5) is 5.13 Å². The van der Waals surface area contributed by atoms with Crippen LogP contribution in [0.5, 0.6) is 0 Å². The van der Waals surface area contributed by atoms with E-state index in [2.05, 4.69) is 10.3 Å². The maximum Gasteiger partial charge on any atom is 0.242 e. The zero-order chi connectivity index (χ0) is 10.8. The first-order valence-corrected chi connectivity index (χ1v) is 6.03. The first-order chi connectivity index (χ1) is 7.16. The number of halogens is 1. The van der Waals surface area contributed by atoms with Gasteiger partial charge in [-0.05, 0) is 32.6 Å². The first-order valence-electron chi connectivity index (χ1n) is 5.22. The normalized spacial score (nSPS) is 15.9. The standard InChI is InChI=1S/C10H15N3OS.ClH/c1-6(11)9(14)13-10-12-7-4-2-3-5-8(7)15-10;/h6H,2-5,11H2,1H3,(H,12,13,14);1H/t6-;/m0./s1. The zero-order valence-electron chi connectivity index (χ0n) is 9.16. The minimum absolute atomic E-state index is 0. The molecule has 1 atom stereocenters. The number of fused-ring (bicyclic) bond motifs is 1. The number of hydrogen-bond donors (Lipinski definition) is 2. The number of aryl methyl sites for hydroxylation is 2. The molecule has 2 rings (SSSR count). The lowest BCUT2D eigenvalue weighted by Crippen LogP contribution is -2.32.